The Bertz CT molecular complexity index is 146. The Morgan fingerprint density at radius 1 is 1.55 bits per heavy atom. The second kappa shape index (κ2) is 3.97. The summed E-state index contributed by atoms with van der Waals surface area (Å²) in [6.07, 6.45) is -4.66. The van der Waals surface area contributed by atoms with Gasteiger partial charge in [0.15, 0.2) is 0 Å². The number of rotatable bonds is 3. The summed E-state index contributed by atoms with van der Waals surface area (Å²) >= 11 is -1.87. The van der Waals surface area contributed by atoms with Crippen molar-refractivity contribution in [1.82, 2.24) is 0 Å². The van der Waals surface area contributed by atoms with Crippen molar-refractivity contribution in [2.75, 3.05) is 0 Å². The van der Waals surface area contributed by atoms with Crippen LogP contribution in [0.5, 0.6) is 0 Å². The van der Waals surface area contributed by atoms with Gasteiger partial charge in [0, 0.05) is 0 Å². The predicted molar refractivity (Wildman–Crippen MR) is 31.7 cm³/mol. The molecule has 0 spiro atoms. The first-order valence-electron chi connectivity index (χ1n) is 2.54. The Labute approximate surface area is 66.9 Å². The van der Waals surface area contributed by atoms with Gasteiger partial charge in [-0.1, -0.05) is 0 Å². The molecule has 2 N–H and O–H groups in total. The van der Waals surface area contributed by atoms with Crippen LogP contribution >= 0.6 is 0 Å². The van der Waals surface area contributed by atoms with Gasteiger partial charge < -0.3 is 0 Å². The molecule has 0 aromatic rings. The maximum atomic E-state index is 11.5. The number of alkyl halides is 3. The quantitative estimate of drug-likeness (QED) is 0.665. The zero-order chi connectivity index (χ0) is 9.07. The molecular formula is C4H6AsF3O3. The van der Waals surface area contributed by atoms with E-state index in [2.05, 4.69) is 0 Å². The minimum atomic E-state index is -4.66. The van der Waals surface area contributed by atoms with Crippen LogP contribution in [0.3, 0.4) is 0 Å². The van der Waals surface area contributed by atoms with Crippen molar-refractivity contribution in [2.24, 2.45) is 0 Å². The van der Waals surface area contributed by atoms with E-state index in [9.17, 15) is 18.0 Å². The van der Waals surface area contributed by atoms with Crippen LogP contribution in [0.25, 0.3) is 0 Å². The van der Waals surface area contributed by atoms with E-state index in [0.717, 1.165) is 0 Å². The molecule has 3 nitrogen and oxygen atoms in total. The van der Waals surface area contributed by atoms with Gasteiger partial charge in [0.25, 0.3) is 0 Å². The SMILES string of the molecule is O=C(O)C[AsH]C(O)C(F)(F)F. The monoisotopic (exact) mass is 234 g/mol. The van der Waals surface area contributed by atoms with Crippen LogP contribution in [0.15, 0.2) is 0 Å². The van der Waals surface area contributed by atoms with Crippen LogP contribution < -0.4 is 0 Å². The molecule has 0 saturated heterocycles. The molecule has 0 aromatic heterocycles. The standard InChI is InChI=1S/C4H6AsF3O3/c6-4(7,8)3(11)5-1-2(9)10/h3,5,11H,1H2,(H,9,10). The third kappa shape index (κ3) is 5.09. The van der Waals surface area contributed by atoms with Crippen molar-refractivity contribution in [1.29, 1.82) is 0 Å². The average molecular weight is 234 g/mol. The number of aliphatic hydroxyl groups is 1. The fraction of sp³-hybridized carbons (Fsp3) is 0.750. The van der Waals surface area contributed by atoms with E-state index < -0.39 is 38.0 Å². The van der Waals surface area contributed by atoms with Crippen LogP contribution in [0.4, 0.5) is 13.2 Å². The van der Waals surface area contributed by atoms with E-state index in [-0.39, 0.29) is 0 Å². The number of hydrogen-bond donors (Lipinski definition) is 2. The third-order valence-electron chi connectivity index (χ3n) is 0.757. The number of carbonyl (C=O) groups is 1. The molecule has 2 atom stereocenters. The first kappa shape index (κ1) is 10.8. The van der Waals surface area contributed by atoms with Crippen LogP contribution in [0.2, 0.25) is 5.21 Å². The van der Waals surface area contributed by atoms with E-state index in [0.29, 0.717) is 0 Å². The summed E-state index contributed by atoms with van der Waals surface area (Å²) in [5.74, 6) is -1.30. The second-order valence-corrected chi connectivity index (χ2v) is 4.46. The number of carboxylic acids is 1. The Morgan fingerprint density at radius 3 is 2.27 bits per heavy atom. The Kier molecular flexibility index (Phi) is 3.89. The van der Waals surface area contributed by atoms with Gasteiger partial charge in [0.05, 0.1) is 0 Å². The molecule has 0 amide bonds. The maximum absolute atomic E-state index is 11.5. The summed E-state index contributed by atoms with van der Waals surface area (Å²) in [6.45, 7) is 0. The average Bonchev–Trinajstić information content (AvgIpc) is 1.80. The molecule has 0 aromatic carbocycles. The summed E-state index contributed by atoms with van der Waals surface area (Å²) in [5.41, 5.74) is 0. The van der Waals surface area contributed by atoms with Crippen molar-refractivity contribution in [2.45, 2.75) is 16.3 Å². The molecule has 0 aliphatic carbocycles. The van der Waals surface area contributed by atoms with Crippen molar-refractivity contribution in [3.05, 3.63) is 0 Å². The Morgan fingerprint density at radius 2 is 2.00 bits per heavy atom. The minimum absolute atomic E-state index is 0.555. The zero-order valence-electron chi connectivity index (χ0n) is 5.22. The molecule has 0 radical (unpaired) electrons. The molecule has 0 heterocycles. The number of aliphatic carboxylic acids is 1. The Balaban J connectivity index is 3.70. The Hall–Kier alpha value is -0.222. The van der Waals surface area contributed by atoms with E-state index in [1.165, 1.54) is 0 Å². The van der Waals surface area contributed by atoms with Gasteiger partial charge in [-0.2, -0.15) is 0 Å². The third-order valence-corrected chi connectivity index (χ3v) is 3.32. The van der Waals surface area contributed by atoms with Gasteiger partial charge >= 0.3 is 66.2 Å². The molecular weight excluding hydrogens is 228 g/mol. The molecule has 0 fully saturated rings. The molecule has 0 rings (SSSR count). The van der Waals surface area contributed by atoms with Crippen molar-refractivity contribution >= 4 is 21.7 Å². The van der Waals surface area contributed by atoms with Crippen molar-refractivity contribution < 1.29 is 28.2 Å². The summed E-state index contributed by atoms with van der Waals surface area (Å²) in [4.78, 5) is 7.38. The first-order chi connectivity index (χ1) is 4.84. The normalized spacial score (nSPS) is 15.6. The van der Waals surface area contributed by atoms with Gasteiger partial charge in [0.1, 0.15) is 0 Å². The van der Waals surface area contributed by atoms with Crippen molar-refractivity contribution in [3.8, 4) is 0 Å². The molecule has 0 aliphatic heterocycles. The van der Waals surface area contributed by atoms with E-state index in [1.807, 2.05) is 0 Å². The molecule has 0 saturated carbocycles. The molecule has 7 heteroatoms. The fourth-order valence-electron chi connectivity index (χ4n) is 0.300. The van der Waals surface area contributed by atoms with Gasteiger partial charge in [-0.05, 0) is 0 Å². The molecule has 11 heavy (non-hydrogen) atoms. The molecule has 0 bridgehead atoms. The van der Waals surface area contributed by atoms with Crippen LogP contribution in [-0.4, -0.2) is 43.0 Å². The molecule has 0 aliphatic rings. The van der Waals surface area contributed by atoms with Crippen LogP contribution in [-0.2, 0) is 4.79 Å². The topological polar surface area (TPSA) is 57.5 Å². The van der Waals surface area contributed by atoms with Gasteiger partial charge in [-0.15, -0.1) is 0 Å². The predicted octanol–water partition coefficient (Wildman–Crippen LogP) is -0.193. The summed E-state index contributed by atoms with van der Waals surface area (Å²) < 4.78 is 34.5. The van der Waals surface area contributed by atoms with Gasteiger partial charge in [-0.25, -0.2) is 0 Å². The number of halogens is 3. The number of carboxylic acid groups (broad SMARTS) is 1. The summed E-state index contributed by atoms with van der Waals surface area (Å²) in [5, 5.41) is 15.7. The van der Waals surface area contributed by atoms with E-state index in [4.69, 9.17) is 10.2 Å². The van der Waals surface area contributed by atoms with Crippen molar-refractivity contribution in [3.63, 3.8) is 0 Å². The second-order valence-electron chi connectivity index (χ2n) is 1.72. The zero-order valence-corrected chi connectivity index (χ0v) is 7.32. The van der Waals surface area contributed by atoms with E-state index in [1.54, 1.807) is 0 Å². The van der Waals surface area contributed by atoms with E-state index >= 15 is 0 Å². The summed E-state index contributed by atoms with van der Waals surface area (Å²) in [7, 11) is 0. The van der Waals surface area contributed by atoms with Gasteiger partial charge in [0.2, 0.25) is 0 Å². The molecule has 2 unspecified atom stereocenters. The van der Waals surface area contributed by atoms with Crippen LogP contribution in [0.1, 0.15) is 0 Å². The van der Waals surface area contributed by atoms with Crippen LogP contribution in [0, 0.1) is 0 Å². The number of aliphatic hydroxyl groups excluding tert-OH is 1. The fourth-order valence-corrected chi connectivity index (χ4v) is 1.56. The molecule has 66 valence electrons. The summed E-state index contributed by atoms with van der Waals surface area (Å²) in [6, 6.07) is 0. The number of hydrogen-bond acceptors (Lipinski definition) is 2. The first-order valence-corrected chi connectivity index (χ1v) is 5.23. The van der Waals surface area contributed by atoms with Gasteiger partial charge in [-0.3, -0.25) is 0 Å².